The molecule has 0 aliphatic carbocycles. The molecule has 0 spiro atoms. The van der Waals surface area contributed by atoms with Gasteiger partial charge in [-0.25, -0.2) is 5.48 Å². The highest BCUT2D eigenvalue weighted by Gasteiger charge is 2.54. The van der Waals surface area contributed by atoms with Gasteiger partial charge >= 0.3 is 0 Å². The van der Waals surface area contributed by atoms with Crippen LogP contribution in [-0.4, -0.2) is 82.9 Å². The number of rotatable bonds is 17. The van der Waals surface area contributed by atoms with Crippen molar-refractivity contribution in [2.45, 2.75) is 101 Å². The molecular weight excluding hydrogens is 837 g/mol. The van der Waals surface area contributed by atoms with Crippen LogP contribution in [-0.2, 0) is 46.7 Å². The minimum Gasteiger partial charge on any atom is -0.374 e. The Kier molecular flexibility index (Phi) is 15.2. The Balaban J connectivity index is 0.956. The van der Waals surface area contributed by atoms with E-state index in [2.05, 4.69) is 58.3 Å². The van der Waals surface area contributed by atoms with Gasteiger partial charge < -0.3 is 30.7 Å². The van der Waals surface area contributed by atoms with E-state index in [0.29, 0.717) is 31.8 Å². The molecule has 4 amide bonds. The van der Waals surface area contributed by atoms with E-state index in [4.69, 9.17) is 20.0 Å². The number of hydroxylamine groups is 1. The summed E-state index contributed by atoms with van der Waals surface area (Å²) in [4.78, 5) is 61.2. The monoisotopic (exact) mass is 896 g/mol. The molecule has 4 aromatic rings. The molecule has 13 nitrogen and oxygen atoms in total. The Labute approximate surface area is 379 Å². The van der Waals surface area contributed by atoms with Gasteiger partial charge in [0.05, 0.1) is 55.8 Å². The first-order valence-corrected chi connectivity index (χ1v) is 23.2. The highest BCUT2D eigenvalue weighted by molar-refractivity contribution is 7.99. The third-order valence-corrected chi connectivity index (χ3v) is 13.8. The third-order valence-electron chi connectivity index (χ3n) is 12.2. The molecule has 3 aliphatic rings. The van der Waals surface area contributed by atoms with Gasteiger partial charge in [-0.15, -0.1) is 11.8 Å². The molecule has 0 saturated carbocycles. The highest BCUT2D eigenvalue weighted by Crippen LogP contribution is 2.46. The largest absolute Gasteiger partial charge is 0.374 e. The quantitative estimate of drug-likeness (QED) is 0.0571. The standard InChI is InChI=1S/C48H60N6O7S2/c1-47(2)23-40(62)52-42(47)44(56)53-61-38(33-13-9-6-10-14-33)29-60-27-31-16-18-34-21-30(15-17-35(34)22-31)26-59-28-37(32-11-7-5-8-12-32)51-45(57)43-48(3,4)24-41-54(43)46(58)36(19-20-63-41)50-39(55)25-49/h5-18,21-22,36-38,40-43,52,62H,19-20,23-29,49H2,1-4H3,(H,50,55)(H,51,57)(H,53,56)/t36-,37+,38?,40-,41-,42+,43+/m0/s1. The number of ether oxygens (including phenoxy) is 2. The first-order valence-electron chi connectivity index (χ1n) is 21.6. The van der Waals surface area contributed by atoms with Crippen molar-refractivity contribution < 1.29 is 33.5 Å². The van der Waals surface area contributed by atoms with Crippen LogP contribution in [0.25, 0.3) is 10.8 Å². The number of nitrogens with two attached hydrogens (primary N) is 1. The molecular formula is C48H60N6O7S2. The maximum atomic E-state index is 14.3. The number of carbonyl (C=O) groups is 4. The summed E-state index contributed by atoms with van der Waals surface area (Å²) in [5.74, 6) is -0.458. The summed E-state index contributed by atoms with van der Waals surface area (Å²) in [5, 5.41) is 11.1. The average Bonchev–Trinajstić information content (AvgIpc) is 3.66. The molecule has 336 valence electrons. The van der Waals surface area contributed by atoms with Gasteiger partial charge in [0.2, 0.25) is 17.7 Å². The van der Waals surface area contributed by atoms with Crippen LogP contribution in [0.4, 0.5) is 0 Å². The van der Waals surface area contributed by atoms with Crippen LogP contribution in [0, 0.1) is 10.8 Å². The zero-order valence-corrected chi connectivity index (χ0v) is 38.1. The van der Waals surface area contributed by atoms with Gasteiger partial charge in [0.1, 0.15) is 18.2 Å². The molecule has 7 rings (SSSR count). The zero-order valence-electron chi connectivity index (χ0n) is 36.4. The fourth-order valence-corrected chi connectivity index (χ4v) is 11.1. The lowest BCUT2D eigenvalue weighted by molar-refractivity contribution is -0.146. The molecule has 1 unspecified atom stereocenters. The number of carbonyl (C=O) groups excluding carboxylic acids is 4. The summed E-state index contributed by atoms with van der Waals surface area (Å²) in [6.45, 7) is 9.02. The Bertz CT molecular complexity index is 2230. The number of hydrogen-bond donors (Lipinski definition) is 6. The summed E-state index contributed by atoms with van der Waals surface area (Å²) < 4.78 is 12.5. The summed E-state index contributed by atoms with van der Waals surface area (Å²) in [7, 11) is 0. The normalized spacial score (nSPS) is 23.7. The van der Waals surface area contributed by atoms with Crippen LogP contribution in [0.15, 0.2) is 97.1 Å². The molecule has 3 fully saturated rings. The number of nitrogens with one attached hydrogen (secondary N) is 4. The van der Waals surface area contributed by atoms with Gasteiger partial charge in [-0.1, -0.05) is 113 Å². The van der Waals surface area contributed by atoms with Crippen molar-refractivity contribution in [3.8, 4) is 0 Å². The van der Waals surface area contributed by atoms with Gasteiger partial charge in [0.25, 0.3) is 5.91 Å². The molecule has 3 saturated heterocycles. The van der Waals surface area contributed by atoms with Crippen molar-refractivity contribution in [3.63, 3.8) is 0 Å². The topological polar surface area (TPSA) is 173 Å². The molecule has 3 heterocycles. The number of amides is 4. The van der Waals surface area contributed by atoms with Crippen LogP contribution in [0.1, 0.15) is 81.4 Å². The minimum atomic E-state index is -0.736. The lowest BCUT2D eigenvalue weighted by atomic mass is 9.83. The SMILES string of the molecule is CC1(C)C[C@H](S)N[C@@H]1C(=O)NOC(COCc1ccc2cc(COC[C@@H](NC(=O)[C@H]3N4C(=O)[C@@H](NC(=O)CN)CCS[C@H]4CC3(C)C)c3ccccc3)ccc2c1)c1ccccc1. The second-order valence-corrected chi connectivity index (χ2v) is 20.0. The van der Waals surface area contributed by atoms with Crippen LogP contribution < -0.4 is 27.2 Å². The Morgan fingerprint density at radius 3 is 2.06 bits per heavy atom. The Morgan fingerprint density at radius 1 is 0.841 bits per heavy atom. The molecule has 3 aliphatic heterocycles. The Hall–Kier alpha value is -4.48. The van der Waals surface area contributed by atoms with Gasteiger partial charge in [0, 0.05) is 0 Å². The summed E-state index contributed by atoms with van der Waals surface area (Å²) in [6, 6.07) is 29.4. The van der Waals surface area contributed by atoms with Crippen molar-refractivity contribution >= 4 is 58.8 Å². The van der Waals surface area contributed by atoms with Crippen molar-refractivity contribution in [3.05, 3.63) is 119 Å². The van der Waals surface area contributed by atoms with Gasteiger partial charge in [-0.3, -0.25) is 29.3 Å². The lowest BCUT2D eigenvalue weighted by Gasteiger charge is -2.35. The van der Waals surface area contributed by atoms with Crippen LogP contribution in [0.5, 0.6) is 0 Å². The number of benzene rings is 4. The smallest absolute Gasteiger partial charge is 0.261 e. The lowest BCUT2D eigenvalue weighted by Crippen LogP contribution is -2.57. The molecule has 4 aromatic carbocycles. The van der Waals surface area contributed by atoms with Crippen LogP contribution >= 0.6 is 24.4 Å². The Morgan fingerprint density at radius 2 is 1.46 bits per heavy atom. The predicted octanol–water partition coefficient (Wildman–Crippen LogP) is 5.70. The second-order valence-electron chi connectivity index (χ2n) is 18.1. The van der Waals surface area contributed by atoms with Crippen molar-refractivity contribution in [1.82, 2.24) is 26.3 Å². The number of fused-ring (bicyclic) bond motifs is 2. The predicted molar refractivity (Wildman–Crippen MR) is 248 cm³/mol. The van der Waals surface area contributed by atoms with E-state index >= 15 is 0 Å². The average molecular weight is 897 g/mol. The van der Waals surface area contributed by atoms with Crippen molar-refractivity contribution in [2.24, 2.45) is 16.6 Å². The number of nitrogens with zero attached hydrogens (tertiary/aromatic N) is 1. The molecule has 0 radical (unpaired) electrons. The summed E-state index contributed by atoms with van der Waals surface area (Å²) in [5.41, 5.74) is 11.2. The molecule has 63 heavy (non-hydrogen) atoms. The first-order chi connectivity index (χ1) is 30.2. The number of thiol groups is 1. The van der Waals surface area contributed by atoms with E-state index in [1.54, 1.807) is 16.7 Å². The van der Waals surface area contributed by atoms with Gasteiger partial charge in [-0.2, -0.15) is 12.6 Å². The molecule has 15 heteroatoms. The fraction of sp³-hybridized carbons (Fsp3) is 0.458. The first kappa shape index (κ1) is 46.5. The molecule has 0 bridgehead atoms. The summed E-state index contributed by atoms with van der Waals surface area (Å²) >= 11 is 6.18. The third kappa shape index (κ3) is 11.4. The number of hydrogen-bond acceptors (Lipinski definition) is 11. The van der Waals surface area contributed by atoms with Crippen molar-refractivity contribution in [1.29, 1.82) is 0 Å². The maximum Gasteiger partial charge on any atom is 0.261 e. The van der Waals surface area contributed by atoms with Crippen molar-refractivity contribution in [2.75, 3.05) is 25.5 Å². The molecule has 0 aromatic heterocycles. The van der Waals surface area contributed by atoms with Crippen LogP contribution in [0.3, 0.4) is 0 Å². The van der Waals surface area contributed by atoms with Gasteiger partial charge in [-0.05, 0) is 81.0 Å². The van der Waals surface area contributed by atoms with E-state index in [1.807, 2.05) is 100 Å². The highest BCUT2D eigenvalue weighted by atomic mass is 32.2. The van der Waals surface area contributed by atoms with E-state index in [-0.39, 0.29) is 53.6 Å². The second kappa shape index (κ2) is 20.6. The minimum absolute atomic E-state index is 0.0569. The van der Waals surface area contributed by atoms with Crippen LogP contribution in [0.2, 0.25) is 0 Å². The summed E-state index contributed by atoms with van der Waals surface area (Å²) in [6.07, 6.45) is 1.38. The van der Waals surface area contributed by atoms with E-state index in [9.17, 15) is 19.2 Å². The zero-order chi connectivity index (χ0) is 44.7. The van der Waals surface area contributed by atoms with E-state index < -0.39 is 41.6 Å². The number of thioether (sulfide) groups is 1. The van der Waals surface area contributed by atoms with E-state index in [1.165, 1.54) is 0 Å². The molecule has 7 atom stereocenters. The van der Waals surface area contributed by atoms with E-state index in [0.717, 1.165) is 39.4 Å². The molecule has 6 N–H and O–H groups in total. The van der Waals surface area contributed by atoms with Gasteiger partial charge in [0.15, 0.2) is 0 Å². The maximum absolute atomic E-state index is 14.3. The fourth-order valence-electron chi connectivity index (χ4n) is 8.94.